The van der Waals surface area contributed by atoms with Crippen molar-refractivity contribution in [1.82, 2.24) is 4.98 Å². The van der Waals surface area contributed by atoms with Gasteiger partial charge in [0.25, 0.3) is 0 Å². The van der Waals surface area contributed by atoms with Crippen LogP contribution in [0.4, 0.5) is 0 Å². The number of carbonyl (C=O) groups excluding carboxylic acids is 2. The van der Waals surface area contributed by atoms with Crippen molar-refractivity contribution in [2.45, 2.75) is 32.6 Å². The summed E-state index contributed by atoms with van der Waals surface area (Å²) in [6, 6.07) is 18.1. The van der Waals surface area contributed by atoms with Gasteiger partial charge in [0.15, 0.2) is 0 Å². The second-order valence-corrected chi connectivity index (χ2v) is 8.28. The lowest BCUT2D eigenvalue weighted by Gasteiger charge is -2.08. The third kappa shape index (κ3) is 9.22. The molecule has 0 bridgehead atoms. The summed E-state index contributed by atoms with van der Waals surface area (Å²) in [5.41, 5.74) is 2.94. The summed E-state index contributed by atoms with van der Waals surface area (Å²) >= 11 is 0. The summed E-state index contributed by atoms with van der Waals surface area (Å²) in [6.45, 7) is 6.20. The van der Waals surface area contributed by atoms with Crippen molar-refractivity contribution in [3.05, 3.63) is 102 Å². The molecule has 0 aliphatic carbocycles. The van der Waals surface area contributed by atoms with Crippen molar-refractivity contribution in [2.24, 2.45) is 0 Å². The number of unbranched alkanes of at least 4 members (excludes halogenated alkanes) is 3. The molecule has 0 N–H and O–H groups in total. The van der Waals surface area contributed by atoms with Gasteiger partial charge in [-0.15, -0.1) is 0 Å². The van der Waals surface area contributed by atoms with Crippen LogP contribution in [0.15, 0.2) is 85.2 Å². The van der Waals surface area contributed by atoms with Crippen LogP contribution in [0.2, 0.25) is 0 Å². The van der Waals surface area contributed by atoms with Gasteiger partial charge in [0.2, 0.25) is 0 Å². The van der Waals surface area contributed by atoms with Gasteiger partial charge in [-0.25, -0.2) is 9.59 Å². The second kappa shape index (κ2) is 14.3. The maximum Gasteiger partial charge on any atom is 0.343 e. The zero-order valence-corrected chi connectivity index (χ0v) is 20.5. The van der Waals surface area contributed by atoms with E-state index >= 15 is 0 Å². The molecule has 0 fully saturated rings. The maximum absolute atomic E-state index is 12.5. The molecule has 0 amide bonds. The van der Waals surface area contributed by atoms with Gasteiger partial charge >= 0.3 is 11.9 Å². The minimum absolute atomic E-state index is 0.337. The molecule has 6 nitrogen and oxygen atoms in total. The van der Waals surface area contributed by atoms with E-state index in [1.54, 1.807) is 55.7 Å². The van der Waals surface area contributed by atoms with E-state index in [4.69, 9.17) is 14.2 Å². The number of benzene rings is 2. The normalized spacial score (nSPS) is 10.7. The molecule has 0 unspecified atom stereocenters. The van der Waals surface area contributed by atoms with E-state index in [1.165, 1.54) is 0 Å². The van der Waals surface area contributed by atoms with Crippen molar-refractivity contribution in [3.63, 3.8) is 0 Å². The Kier molecular flexibility index (Phi) is 10.5. The molecule has 0 atom stereocenters. The van der Waals surface area contributed by atoms with E-state index < -0.39 is 5.97 Å². The highest BCUT2D eigenvalue weighted by atomic mass is 16.5. The van der Waals surface area contributed by atoms with Gasteiger partial charge in [-0.2, -0.15) is 0 Å². The van der Waals surface area contributed by atoms with Crippen molar-refractivity contribution < 1.29 is 23.8 Å². The first-order valence-electron chi connectivity index (χ1n) is 12.0. The molecular weight excluding hydrogens is 454 g/mol. The SMILES string of the molecule is C=C(C)C(=O)OCCCCCCOc1ccc(OC(=O)c2ccc(C=Cc3ccncc3)cc2)cc1. The van der Waals surface area contributed by atoms with Gasteiger partial charge < -0.3 is 14.2 Å². The number of hydrogen-bond donors (Lipinski definition) is 0. The largest absolute Gasteiger partial charge is 0.494 e. The van der Waals surface area contributed by atoms with Gasteiger partial charge in [-0.3, -0.25) is 4.98 Å². The van der Waals surface area contributed by atoms with Crippen LogP contribution < -0.4 is 9.47 Å². The van der Waals surface area contributed by atoms with Crippen LogP contribution >= 0.6 is 0 Å². The van der Waals surface area contributed by atoms with Gasteiger partial charge in [0.05, 0.1) is 18.8 Å². The zero-order valence-electron chi connectivity index (χ0n) is 20.5. The Morgan fingerprint density at radius 2 is 1.36 bits per heavy atom. The number of hydrogen-bond acceptors (Lipinski definition) is 6. The number of pyridine rings is 1. The van der Waals surface area contributed by atoms with Crippen LogP contribution in [-0.4, -0.2) is 30.1 Å². The Morgan fingerprint density at radius 3 is 2.00 bits per heavy atom. The predicted molar refractivity (Wildman–Crippen MR) is 141 cm³/mol. The maximum atomic E-state index is 12.5. The monoisotopic (exact) mass is 485 g/mol. The minimum atomic E-state index is -0.415. The second-order valence-electron chi connectivity index (χ2n) is 8.28. The lowest BCUT2D eigenvalue weighted by molar-refractivity contribution is -0.139. The van der Waals surface area contributed by atoms with Crippen LogP contribution in [0.3, 0.4) is 0 Å². The van der Waals surface area contributed by atoms with Gasteiger partial charge in [-0.1, -0.05) is 30.9 Å². The highest BCUT2D eigenvalue weighted by Crippen LogP contribution is 2.19. The first-order valence-corrected chi connectivity index (χ1v) is 12.0. The van der Waals surface area contributed by atoms with Crippen molar-refractivity contribution in [1.29, 1.82) is 0 Å². The summed E-state index contributed by atoms with van der Waals surface area (Å²) in [6.07, 6.45) is 11.1. The summed E-state index contributed by atoms with van der Waals surface area (Å²) in [4.78, 5) is 27.8. The molecule has 0 aliphatic heterocycles. The fraction of sp³-hybridized carbons (Fsp3) is 0.233. The summed E-state index contributed by atoms with van der Waals surface area (Å²) in [7, 11) is 0. The molecule has 3 aromatic rings. The first kappa shape index (κ1) is 26.4. The Labute approximate surface area is 212 Å². The molecule has 1 aromatic heterocycles. The standard InChI is InChI=1S/C30H31NO5/c1-23(2)29(32)35-22-6-4-3-5-21-34-27-13-15-28(16-14-27)36-30(33)26-11-9-24(10-12-26)7-8-25-17-19-31-20-18-25/h7-20H,1,3-6,21-22H2,2H3. The van der Waals surface area contributed by atoms with E-state index in [2.05, 4.69) is 11.6 Å². The molecule has 0 saturated carbocycles. The fourth-order valence-corrected chi connectivity index (χ4v) is 3.20. The topological polar surface area (TPSA) is 74.7 Å². The van der Waals surface area contributed by atoms with Crippen LogP contribution in [-0.2, 0) is 9.53 Å². The molecule has 2 aromatic carbocycles. The number of aromatic nitrogens is 1. The Balaban J connectivity index is 1.35. The van der Waals surface area contributed by atoms with Crippen LogP contribution in [0.25, 0.3) is 12.2 Å². The van der Waals surface area contributed by atoms with Gasteiger partial charge in [0, 0.05) is 18.0 Å². The lowest BCUT2D eigenvalue weighted by atomic mass is 10.1. The minimum Gasteiger partial charge on any atom is -0.494 e. The molecule has 186 valence electrons. The van der Waals surface area contributed by atoms with Crippen LogP contribution in [0, 0.1) is 0 Å². The smallest absolute Gasteiger partial charge is 0.343 e. The van der Waals surface area contributed by atoms with E-state index in [0.29, 0.717) is 30.1 Å². The first-order chi connectivity index (χ1) is 17.5. The Bertz CT molecular complexity index is 1150. The van der Waals surface area contributed by atoms with Gasteiger partial charge in [0.1, 0.15) is 11.5 Å². The highest BCUT2D eigenvalue weighted by molar-refractivity contribution is 5.91. The summed E-state index contributed by atoms with van der Waals surface area (Å²) in [5, 5.41) is 0. The number of rotatable bonds is 13. The highest BCUT2D eigenvalue weighted by Gasteiger charge is 2.08. The average Bonchev–Trinajstić information content (AvgIpc) is 2.90. The number of esters is 2. The van der Waals surface area contributed by atoms with Crippen molar-refractivity contribution in [3.8, 4) is 11.5 Å². The quantitative estimate of drug-likeness (QED) is 0.119. The lowest BCUT2D eigenvalue weighted by Crippen LogP contribution is -2.08. The average molecular weight is 486 g/mol. The summed E-state index contributed by atoms with van der Waals surface area (Å²) < 4.78 is 16.3. The molecule has 0 aliphatic rings. The van der Waals surface area contributed by atoms with E-state index in [9.17, 15) is 9.59 Å². The predicted octanol–water partition coefficient (Wildman–Crippen LogP) is 6.53. The Hall–Kier alpha value is -4.19. The molecule has 36 heavy (non-hydrogen) atoms. The third-order valence-electron chi connectivity index (χ3n) is 5.24. The molecule has 0 saturated heterocycles. The molecule has 0 spiro atoms. The van der Waals surface area contributed by atoms with Crippen LogP contribution in [0.5, 0.6) is 11.5 Å². The zero-order chi connectivity index (χ0) is 25.6. The molecule has 6 heteroatoms. The Morgan fingerprint density at radius 1 is 0.778 bits per heavy atom. The van der Waals surface area contributed by atoms with E-state index in [-0.39, 0.29) is 5.97 Å². The number of carbonyl (C=O) groups is 2. The third-order valence-corrected chi connectivity index (χ3v) is 5.24. The van der Waals surface area contributed by atoms with Crippen molar-refractivity contribution >= 4 is 24.1 Å². The number of nitrogens with zero attached hydrogens (tertiary/aromatic N) is 1. The van der Waals surface area contributed by atoms with E-state index in [0.717, 1.165) is 42.6 Å². The molecule has 3 rings (SSSR count). The van der Waals surface area contributed by atoms with Crippen LogP contribution in [0.1, 0.15) is 54.1 Å². The number of ether oxygens (including phenoxy) is 3. The molecule has 1 heterocycles. The van der Waals surface area contributed by atoms with Gasteiger partial charge in [-0.05, 0) is 92.3 Å². The molecular formula is C30H31NO5. The van der Waals surface area contributed by atoms with E-state index in [1.807, 2.05) is 36.4 Å². The van der Waals surface area contributed by atoms with Crippen molar-refractivity contribution in [2.75, 3.05) is 13.2 Å². The molecule has 0 radical (unpaired) electrons. The summed E-state index contributed by atoms with van der Waals surface area (Å²) in [5.74, 6) is 0.423. The fourth-order valence-electron chi connectivity index (χ4n) is 3.20.